The molecule has 0 radical (unpaired) electrons. The van der Waals surface area contributed by atoms with Gasteiger partial charge in [-0.15, -0.1) is 0 Å². The van der Waals surface area contributed by atoms with Gasteiger partial charge in [0.25, 0.3) is 5.91 Å². The van der Waals surface area contributed by atoms with Gasteiger partial charge in [-0.1, -0.05) is 12.1 Å². The SMILES string of the molecule is CCc1nc(COc2ccc(C(=O)N3CCNC[C@H]3C)cc2)no1. The highest BCUT2D eigenvalue weighted by Crippen LogP contribution is 2.16. The number of aromatic nitrogens is 2. The quantitative estimate of drug-likeness (QED) is 0.898. The van der Waals surface area contributed by atoms with E-state index in [1.165, 1.54) is 0 Å². The second-order valence-electron chi connectivity index (χ2n) is 5.82. The van der Waals surface area contributed by atoms with Crippen molar-refractivity contribution in [2.45, 2.75) is 32.9 Å². The summed E-state index contributed by atoms with van der Waals surface area (Å²) in [6, 6.07) is 7.37. The van der Waals surface area contributed by atoms with E-state index in [0.29, 0.717) is 29.4 Å². The average Bonchev–Trinajstić information content (AvgIpc) is 3.08. The topological polar surface area (TPSA) is 80.5 Å². The van der Waals surface area contributed by atoms with Gasteiger partial charge in [0.2, 0.25) is 11.7 Å². The lowest BCUT2D eigenvalue weighted by Crippen LogP contribution is -2.52. The van der Waals surface area contributed by atoms with Crippen molar-refractivity contribution < 1.29 is 14.1 Å². The first-order valence-electron chi connectivity index (χ1n) is 8.23. The third-order valence-electron chi connectivity index (χ3n) is 4.04. The predicted octanol–water partition coefficient (Wildman–Crippen LogP) is 1.64. The van der Waals surface area contributed by atoms with Gasteiger partial charge in [0.05, 0.1) is 0 Å². The summed E-state index contributed by atoms with van der Waals surface area (Å²) in [5.74, 6) is 1.84. The largest absolute Gasteiger partial charge is 0.485 e. The number of carbonyl (C=O) groups is 1. The summed E-state index contributed by atoms with van der Waals surface area (Å²) in [5.41, 5.74) is 0.670. The van der Waals surface area contributed by atoms with E-state index in [4.69, 9.17) is 9.26 Å². The van der Waals surface area contributed by atoms with Gasteiger partial charge in [-0.2, -0.15) is 4.98 Å². The number of hydrogen-bond acceptors (Lipinski definition) is 6. The van der Waals surface area contributed by atoms with Crippen LogP contribution in [-0.4, -0.2) is 46.6 Å². The molecule has 0 unspecified atom stereocenters. The number of rotatable bonds is 5. The van der Waals surface area contributed by atoms with Gasteiger partial charge in [0.1, 0.15) is 5.75 Å². The number of aryl methyl sites for hydroxylation is 1. The molecule has 1 aliphatic rings. The molecule has 0 spiro atoms. The Morgan fingerprint density at radius 3 is 2.88 bits per heavy atom. The monoisotopic (exact) mass is 330 g/mol. The number of nitrogens with one attached hydrogen (secondary N) is 1. The zero-order valence-corrected chi connectivity index (χ0v) is 14.0. The fourth-order valence-corrected chi connectivity index (χ4v) is 2.64. The van der Waals surface area contributed by atoms with E-state index < -0.39 is 0 Å². The first kappa shape index (κ1) is 16.4. The maximum atomic E-state index is 12.6. The van der Waals surface area contributed by atoms with Gasteiger partial charge in [0, 0.05) is 37.7 Å². The molecule has 0 aliphatic carbocycles. The molecule has 7 heteroatoms. The molecular formula is C17H22N4O3. The van der Waals surface area contributed by atoms with Crippen LogP contribution in [0, 0.1) is 0 Å². The van der Waals surface area contributed by atoms with Crippen LogP contribution in [0.2, 0.25) is 0 Å². The Morgan fingerprint density at radius 2 is 2.21 bits per heavy atom. The number of piperazine rings is 1. The smallest absolute Gasteiger partial charge is 0.254 e. The maximum Gasteiger partial charge on any atom is 0.254 e. The van der Waals surface area contributed by atoms with Crippen LogP contribution in [0.1, 0.15) is 35.9 Å². The third-order valence-corrected chi connectivity index (χ3v) is 4.04. The first-order valence-corrected chi connectivity index (χ1v) is 8.23. The van der Waals surface area contributed by atoms with E-state index in [1.54, 1.807) is 24.3 Å². The van der Waals surface area contributed by atoms with Crippen molar-refractivity contribution in [2.75, 3.05) is 19.6 Å². The number of nitrogens with zero attached hydrogens (tertiary/aromatic N) is 3. The van der Waals surface area contributed by atoms with Gasteiger partial charge in [-0.05, 0) is 31.2 Å². The van der Waals surface area contributed by atoms with E-state index in [2.05, 4.69) is 22.4 Å². The van der Waals surface area contributed by atoms with E-state index in [-0.39, 0.29) is 18.6 Å². The summed E-state index contributed by atoms with van der Waals surface area (Å²) in [7, 11) is 0. The highest BCUT2D eigenvalue weighted by molar-refractivity contribution is 5.94. The van der Waals surface area contributed by atoms with Crippen LogP contribution in [0.25, 0.3) is 0 Å². The van der Waals surface area contributed by atoms with Crippen molar-refractivity contribution in [1.29, 1.82) is 0 Å². The second kappa shape index (κ2) is 7.44. The van der Waals surface area contributed by atoms with E-state index in [9.17, 15) is 4.79 Å². The van der Waals surface area contributed by atoms with Crippen LogP contribution in [0.5, 0.6) is 5.75 Å². The number of benzene rings is 1. The Balaban J connectivity index is 1.59. The third kappa shape index (κ3) is 3.73. The fourth-order valence-electron chi connectivity index (χ4n) is 2.64. The second-order valence-corrected chi connectivity index (χ2v) is 5.82. The molecule has 1 fully saturated rings. The Bertz CT molecular complexity index is 683. The molecule has 1 amide bonds. The molecule has 1 aliphatic heterocycles. The summed E-state index contributed by atoms with van der Waals surface area (Å²) in [4.78, 5) is 18.7. The molecule has 24 heavy (non-hydrogen) atoms. The van der Waals surface area contributed by atoms with Gasteiger partial charge < -0.3 is 19.5 Å². The minimum absolute atomic E-state index is 0.0568. The number of ether oxygens (including phenoxy) is 1. The summed E-state index contributed by atoms with van der Waals surface area (Å²) in [6.07, 6.45) is 0.703. The van der Waals surface area contributed by atoms with Crippen molar-refractivity contribution in [3.05, 3.63) is 41.5 Å². The lowest BCUT2D eigenvalue weighted by atomic mass is 10.1. The van der Waals surface area contributed by atoms with E-state index >= 15 is 0 Å². The van der Waals surface area contributed by atoms with Gasteiger partial charge in [0.15, 0.2) is 6.61 Å². The van der Waals surface area contributed by atoms with Crippen molar-refractivity contribution in [3.8, 4) is 5.75 Å². The summed E-state index contributed by atoms with van der Waals surface area (Å²) in [6.45, 7) is 6.64. The molecule has 1 N–H and O–H groups in total. The van der Waals surface area contributed by atoms with E-state index in [0.717, 1.165) is 19.6 Å². The lowest BCUT2D eigenvalue weighted by Gasteiger charge is -2.34. The normalized spacial score (nSPS) is 17.8. The molecular weight excluding hydrogens is 308 g/mol. The van der Waals surface area contributed by atoms with Crippen molar-refractivity contribution in [1.82, 2.24) is 20.4 Å². The Hall–Kier alpha value is -2.41. The van der Waals surface area contributed by atoms with Crippen LogP contribution in [0.4, 0.5) is 0 Å². The average molecular weight is 330 g/mol. The summed E-state index contributed by atoms with van der Waals surface area (Å²) >= 11 is 0. The molecule has 1 saturated heterocycles. The number of amides is 1. The van der Waals surface area contributed by atoms with Crippen LogP contribution in [0.3, 0.4) is 0 Å². The standard InChI is InChI=1S/C17H22N4O3/c1-3-16-19-15(20-24-16)11-23-14-6-4-13(5-7-14)17(22)21-9-8-18-10-12(21)2/h4-7,12,18H,3,8-11H2,1-2H3/t12-/m1/s1. The van der Waals surface area contributed by atoms with Crippen molar-refractivity contribution in [2.24, 2.45) is 0 Å². The molecule has 0 saturated carbocycles. The summed E-state index contributed by atoms with van der Waals surface area (Å²) in [5, 5.41) is 7.12. The predicted molar refractivity (Wildman–Crippen MR) is 87.8 cm³/mol. The molecule has 128 valence electrons. The molecule has 1 aromatic carbocycles. The maximum absolute atomic E-state index is 12.6. The Morgan fingerprint density at radius 1 is 1.42 bits per heavy atom. The first-order chi connectivity index (χ1) is 11.7. The fraction of sp³-hybridized carbons (Fsp3) is 0.471. The van der Waals surface area contributed by atoms with Gasteiger partial charge >= 0.3 is 0 Å². The molecule has 1 aromatic heterocycles. The minimum atomic E-state index is 0.0568. The molecule has 2 aromatic rings. The Labute approximate surface area is 141 Å². The minimum Gasteiger partial charge on any atom is -0.485 e. The van der Waals surface area contributed by atoms with Crippen LogP contribution >= 0.6 is 0 Å². The molecule has 0 bridgehead atoms. The molecule has 1 atom stereocenters. The molecule has 2 heterocycles. The number of hydrogen-bond donors (Lipinski definition) is 1. The molecule has 3 rings (SSSR count). The zero-order valence-electron chi connectivity index (χ0n) is 14.0. The van der Waals surface area contributed by atoms with Crippen LogP contribution in [-0.2, 0) is 13.0 Å². The Kier molecular flexibility index (Phi) is 5.10. The lowest BCUT2D eigenvalue weighted by molar-refractivity contribution is 0.0655. The van der Waals surface area contributed by atoms with Gasteiger partial charge in [-0.3, -0.25) is 4.79 Å². The van der Waals surface area contributed by atoms with Crippen molar-refractivity contribution in [3.63, 3.8) is 0 Å². The van der Waals surface area contributed by atoms with Crippen LogP contribution < -0.4 is 10.1 Å². The molecule has 7 nitrogen and oxygen atoms in total. The zero-order chi connectivity index (χ0) is 16.9. The summed E-state index contributed by atoms with van der Waals surface area (Å²) < 4.78 is 10.7. The highest BCUT2D eigenvalue weighted by atomic mass is 16.5. The number of carbonyl (C=O) groups excluding carboxylic acids is 1. The van der Waals surface area contributed by atoms with Crippen LogP contribution in [0.15, 0.2) is 28.8 Å². The van der Waals surface area contributed by atoms with Gasteiger partial charge in [-0.25, -0.2) is 0 Å². The van der Waals surface area contributed by atoms with Crippen molar-refractivity contribution >= 4 is 5.91 Å². The highest BCUT2D eigenvalue weighted by Gasteiger charge is 2.23. The van der Waals surface area contributed by atoms with E-state index in [1.807, 2.05) is 11.8 Å².